The van der Waals surface area contributed by atoms with E-state index in [1.54, 1.807) is 60.7 Å². The summed E-state index contributed by atoms with van der Waals surface area (Å²) in [6.45, 7) is 0. The Bertz CT molecular complexity index is 3280. The monoisotopic (exact) mass is 560 g/mol. The van der Waals surface area contributed by atoms with Crippen molar-refractivity contribution in [3.8, 4) is 33.4 Å². The quantitative estimate of drug-likeness (QED) is 0.196. The van der Waals surface area contributed by atoms with Gasteiger partial charge in [0.05, 0.1) is 19.2 Å². The number of fused-ring (bicyclic) bond motifs is 6. The van der Waals surface area contributed by atoms with Gasteiger partial charge in [0.2, 0.25) is 0 Å². The Morgan fingerprint density at radius 2 is 1.12 bits per heavy atom. The summed E-state index contributed by atoms with van der Waals surface area (Å²) < 4.78 is 134. The fraction of sp³-hybridized carbons (Fsp3) is 0. The smallest absolute Gasteiger partial charge is 0.136 e. The molecule has 43 heavy (non-hydrogen) atoms. The molecule has 9 rings (SSSR count). The maximum Gasteiger partial charge on any atom is 0.136 e. The first-order valence-electron chi connectivity index (χ1n) is 20.6. The van der Waals surface area contributed by atoms with E-state index in [1.807, 2.05) is 12.1 Å². The zero-order valence-corrected chi connectivity index (χ0v) is 22.3. The third-order valence-electron chi connectivity index (χ3n) is 7.73. The van der Waals surface area contributed by atoms with Crippen LogP contribution in [0.1, 0.15) is 19.2 Å². The van der Waals surface area contributed by atoms with Gasteiger partial charge in [0, 0.05) is 10.8 Å². The zero-order valence-electron chi connectivity index (χ0n) is 36.3. The summed E-state index contributed by atoms with van der Waals surface area (Å²) in [4.78, 5) is 0. The van der Waals surface area contributed by atoms with Gasteiger partial charge in [0.15, 0.2) is 0 Å². The van der Waals surface area contributed by atoms with Crippen molar-refractivity contribution in [1.29, 1.82) is 0 Å². The summed E-state index contributed by atoms with van der Waals surface area (Å²) in [7, 11) is 0. The van der Waals surface area contributed by atoms with Crippen molar-refractivity contribution in [1.82, 2.24) is 0 Å². The fourth-order valence-electron chi connectivity index (χ4n) is 5.88. The number of benzene rings is 8. The number of furan rings is 1. The largest absolute Gasteiger partial charge is 0.456 e. The maximum absolute atomic E-state index is 9.91. The van der Waals surface area contributed by atoms with Crippen LogP contribution in [0, 0.1) is 0 Å². The highest BCUT2D eigenvalue weighted by atomic mass is 16.3. The van der Waals surface area contributed by atoms with Crippen molar-refractivity contribution in [2.24, 2.45) is 0 Å². The van der Waals surface area contributed by atoms with Gasteiger partial charge in [0.1, 0.15) is 11.2 Å². The Morgan fingerprint density at radius 1 is 0.419 bits per heavy atom. The SMILES string of the molecule is [2H]c1c([2H])c([2H])c2c([2H])c(-c3c4c([2H])c([2H])c([2H])c([2H])c4c(-c4cccc5oc6ccccc6c45)c4c([2H])c([2H])c(-c5ccccc5)c([2H])c34)c([2H])c([2H])c2c1[2H]. The van der Waals surface area contributed by atoms with Crippen molar-refractivity contribution in [3.05, 3.63) is 157 Å². The third kappa shape index (κ3) is 3.72. The Morgan fingerprint density at radius 3 is 2.00 bits per heavy atom. The van der Waals surface area contributed by atoms with E-state index in [2.05, 4.69) is 0 Å². The minimum Gasteiger partial charge on any atom is -0.456 e. The molecule has 0 unspecified atom stereocenters. The van der Waals surface area contributed by atoms with Gasteiger partial charge in [-0.1, -0.05) is 133 Å². The Balaban J connectivity index is 1.66. The number of rotatable bonds is 3. The molecule has 0 spiro atoms. The molecule has 1 aromatic heterocycles. The number of para-hydroxylation sites is 1. The topological polar surface area (TPSA) is 13.1 Å². The minimum absolute atomic E-state index is 0.000629. The van der Waals surface area contributed by atoms with Crippen LogP contribution in [0.15, 0.2) is 162 Å². The summed E-state index contributed by atoms with van der Waals surface area (Å²) in [5, 5.41) is -0.182. The van der Waals surface area contributed by atoms with Crippen molar-refractivity contribution < 1.29 is 23.6 Å². The first-order chi connectivity index (χ1) is 27.2. The van der Waals surface area contributed by atoms with Crippen molar-refractivity contribution >= 4 is 54.3 Å². The normalized spacial score (nSPS) is 16.3. The van der Waals surface area contributed by atoms with Gasteiger partial charge in [-0.3, -0.25) is 0 Å². The van der Waals surface area contributed by atoms with E-state index in [4.69, 9.17) is 14.0 Å². The second-order valence-corrected chi connectivity index (χ2v) is 10.1. The van der Waals surface area contributed by atoms with Crippen LogP contribution in [0.5, 0.6) is 0 Å². The molecule has 0 atom stereocenters. The lowest BCUT2D eigenvalue weighted by molar-refractivity contribution is 0.669. The van der Waals surface area contributed by atoms with E-state index in [0.29, 0.717) is 33.1 Å². The first kappa shape index (κ1) is 14.0. The Hall–Kier alpha value is -5.66. The molecule has 0 aliphatic carbocycles. The van der Waals surface area contributed by atoms with Crippen molar-refractivity contribution in [2.75, 3.05) is 0 Å². The molecular formula is C42H26O. The Labute approximate surface area is 268 Å². The molecule has 8 aromatic carbocycles. The van der Waals surface area contributed by atoms with E-state index in [1.165, 1.54) is 0 Å². The van der Waals surface area contributed by atoms with E-state index in [-0.39, 0.29) is 55.7 Å². The average Bonchev–Trinajstić information content (AvgIpc) is 3.60. The van der Waals surface area contributed by atoms with Gasteiger partial charge in [0.25, 0.3) is 0 Å². The van der Waals surface area contributed by atoms with E-state index in [9.17, 15) is 9.60 Å². The highest BCUT2D eigenvalue weighted by molar-refractivity contribution is 6.26. The van der Waals surface area contributed by atoms with Crippen LogP contribution < -0.4 is 0 Å². The molecule has 0 radical (unpaired) electrons. The first-order valence-corrected chi connectivity index (χ1v) is 13.6. The summed E-state index contributed by atoms with van der Waals surface area (Å²) in [6.07, 6.45) is 0. The van der Waals surface area contributed by atoms with Gasteiger partial charge in [-0.05, 0) is 89.9 Å². The molecule has 0 amide bonds. The number of hydrogen-bond donors (Lipinski definition) is 0. The van der Waals surface area contributed by atoms with Crippen LogP contribution in [0.2, 0.25) is 0 Å². The Kier molecular flexibility index (Phi) is 3.07. The van der Waals surface area contributed by atoms with Gasteiger partial charge in [-0.2, -0.15) is 0 Å². The summed E-state index contributed by atoms with van der Waals surface area (Å²) in [5.41, 5.74) is 1.09. The van der Waals surface area contributed by atoms with Crippen molar-refractivity contribution in [2.45, 2.75) is 0 Å². The minimum atomic E-state index is -0.689. The zero-order chi connectivity index (χ0) is 40.5. The predicted octanol–water partition coefficient (Wildman–Crippen LogP) is 12.0. The van der Waals surface area contributed by atoms with Gasteiger partial charge >= 0.3 is 0 Å². The van der Waals surface area contributed by atoms with Gasteiger partial charge < -0.3 is 4.42 Å². The maximum atomic E-state index is 9.91. The van der Waals surface area contributed by atoms with Crippen LogP contribution in [0.25, 0.3) is 87.6 Å². The van der Waals surface area contributed by atoms with E-state index >= 15 is 0 Å². The summed E-state index contributed by atoms with van der Waals surface area (Å²) in [6, 6.07) is 12.6. The van der Waals surface area contributed by atoms with E-state index < -0.39 is 83.5 Å². The molecular weight excluding hydrogens is 520 g/mol. The number of hydrogen-bond acceptors (Lipinski definition) is 1. The molecule has 9 aromatic rings. The van der Waals surface area contributed by atoms with Crippen LogP contribution in [0.4, 0.5) is 0 Å². The summed E-state index contributed by atoms with van der Waals surface area (Å²) >= 11 is 0. The van der Waals surface area contributed by atoms with Crippen molar-refractivity contribution in [3.63, 3.8) is 0 Å². The lowest BCUT2D eigenvalue weighted by Crippen LogP contribution is -1.92. The van der Waals surface area contributed by atoms with Gasteiger partial charge in [-0.15, -0.1) is 0 Å². The molecule has 1 nitrogen and oxygen atoms in total. The molecule has 0 saturated heterocycles. The second-order valence-electron chi connectivity index (χ2n) is 10.1. The highest BCUT2D eigenvalue weighted by Gasteiger charge is 2.20. The molecule has 0 N–H and O–H groups in total. The molecule has 0 fully saturated rings. The van der Waals surface area contributed by atoms with Crippen LogP contribution in [0.3, 0.4) is 0 Å². The molecule has 0 aliphatic heterocycles. The predicted molar refractivity (Wildman–Crippen MR) is 183 cm³/mol. The van der Waals surface area contributed by atoms with Crippen LogP contribution >= 0.6 is 0 Å². The third-order valence-corrected chi connectivity index (χ3v) is 7.73. The fourth-order valence-corrected chi connectivity index (χ4v) is 5.88. The molecule has 0 aliphatic rings. The lowest BCUT2D eigenvalue weighted by atomic mass is 9.83. The van der Waals surface area contributed by atoms with Crippen LogP contribution in [-0.4, -0.2) is 0 Å². The second kappa shape index (κ2) is 9.44. The molecule has 0 saturated carbocycles. The van der Waals surface area contributed by atoms with Gasteiger partial charge in [-0.25, -0.2) is 0 Å². The lowest BCUT2D eigenvalue weighted by Gasteiger charge is -2.19. The molecule has 200 valence electrons. The van der Waals surface area contributed by atoms with Crippen LogP contribution in [-0.2, 0) is 0 Å². The standard InChI is InChI=1S/C42H26O/c1-2-11-27(12-3-1)30-23-24-34-37(26-30)40(31-22-21-28-13-4-5-14-29(28)25-31)32-15-6-7-16-33(32)41(34)36-18-10-20-39-42(36)35-17-8-9-19-38(35)43-39/h1-26H/i4D,5D,6D,7D,13D,14D,15D,16D,21D,22D,23D,24D,25D,26D. The average molecular weight is 561 g/mol. The molecule has 1 heteroatoms. The molecule has 0 bridgehead atoms. The highest BCUT2D eigenvalue weighted by Crippen LogP contribution is 2.47. The summed E-state index contributed by atoms with van der Waals surface area (Å²) in [5.74, 6) is 0. The molecule has 1 heterocycles. The van der Waals surface area contributed by atoms with E-state index in [0.717, 1.165) is 0 Å².